The summed E-state index contributed by atoms with van der Waals surface area (Å²) in [6, 6.07) is 7.53. The normalized spacial score (nSPS) is 19.9. The summed E-state index contributed by atoms with van der Waals surface area (Å²) in [4.78, 5) is 68.6. The highest BCUT2D eigenvalue weighted by atomic mass is 16.6. The molecular formula is C45H72N5O9. The molecule has 0 unspecified atom stereocenters. The van der Waals surface area contributed by atoms with Crippen LogP contribution in [0.15, 0.2) is 42.5 Å². The van der Waals surface area contributed by atoms with Crippen molar-refractivity contribution < 1.29 is 43.4 Å². The van der Waals surface area contributed by atoms with Gasteiger partial charge in [0.2, 0.25) is 11.8 Å². The van der Waals surface area contributed by atoms with Crippen LogP contribution in [-0.4, -0.2) is 100 Å². The monoisotopic (exact) mass is 827 g/mol. The molecule has 1 aromatic rings. The molecule has 14 nitrogen and oxygen atoms in total. The number of esters is 1. The van der Waals surface area contributed by atoms with E-state index in [1.807, 2.05) is 70.2 Å². The fourth-order valence-electron chi connectivity index (χ4n) is 7.99. The number of hydroxylamine groups is 2. The number of alkyl carbamates (subject to hydrolysis) is 2. The summed E-state index contributed by atoms with van der Waals surface area (Å²) in [5.41, 5.74) is -1.05. The van der Waals surface area contributed by atoms with Crippen molar-refractivity contribution in [2.75, 3.05) is 13.1 Å². The van der Waals surface area contributed by atoms with Crippen LogP contribution < -0.4 is 16.0 Å². The van der Waals surface area contributed by atoms with E-state index in [1.165, 1.54) is 0 Å². The standard InChI is InChI=1S/C45H72N5O9/c1-30(2)26-34(47-42(55)59-43(5,6)7)23-22-33(27-32-18-13-12-14-19-32)39(52)49-25-17-21-37(49)38(51)48-36(40(53)57-31(3)4)20-15-16-24-46-41(54)58-35-28-44(8,9)50(56)45(10,11)29-35/h12-14,18-19,22-23,30-31,33-37H,15-17,20-21,24-29H2,1-11H3,(H,46,54)(H,47,55)(H,48,51)/b23-22+/t33-,34-,36+,37+/m1/s1. The Kier molecular flexibility index (Phi) is 18.3. The number of hydrogen-bond donors (Lipinski definition) is 3. The molecule has 0 aromatic heterocycles. The Morgan fingerprint density at radius 1 is 0.898 bits per heavy atom. The van der Waals surface area contributed by atoms with E-state index in [9.17, 15) is 29.2 Å². The fraction of sp³-hybridized carbons (Fsp3) is 0.711. The Morgan fingerprint density at radius 2 is 1.54 bits per heavy atom. The van der Waals surface area contributed by atoms with Crippen molar-refractivity contribution in [3.8, 4) is 0 Å². The van der Waals surface area contributed by atoms with E-state index in [0.29, 0.717) is 64.5 Å². The third-order valence-corrected chi connectivity index (χ3v) is 10.4. The van der Waals surface area contributed by atoms with Gasteiger partial charge in [-0.1, -0.05) is 56.3 Å². The molecule has 14 heteroatoms. The summed E-state index contributed by atoms with van der Waals surface area (Å²) in [5, 5.41) is 22.4. The van der Waals surface area contributed by atoms with E-state index in [-0.39, 0.29) is 24.3 Å². The van der Waals surface area contributed by atoms with E-state index in [4.69, 9.17) is 14.2 Å². The Labute approximate surface area is 352 Å². The van der Waals surface area contributed by atoms with Crippen LogP contribution in [0.25, 0.3) is 0 Å². The number of piperidine rings is 1. The zero-order chi connectivity index (χ0) is 44.1. The Bertz CT molecular complexity index is 1550. The third-order valence-electron chi connectivity index (χ3n) is 10.4. The van der Waals surface area contributed by atoms with E-state index >= 15 is 0 Å². The smallest absolute Gasteiger partial charge is 0.408 e. The SMILES string of the molecule is CC(C)C[C@@H](/C=C/[C@H](Cc1ccccc1)C(=O)N1CCC[C@H]1C(=O)N[C@@H](CCCCNC(=O)OC1CC(C)(C)N([O])C(C)(C)C1)C(=O)OC(C)C)NC(=O)OC(C)(C)C. The molecule has 331 valence electrons. The van der Waals surface area contributed by atoms with Gasteiger partial charge in [0.25, 0.3) is 0 Å². The first-order valence-corrected chi connectivity index (χ1v) is 21.4. The zero-order valence-electron chi connectivity index (χ0n) is 37.4. The average molecular weight is 827 g/mol. The van der Waals surface area contributed by atoms with Crippen molar-refractivity contribution in [3.63, 3.8) is 0 Å². The molecule has 2 aliphatic heterocycles. The molecule has 2 aliphatic rings. The van der Waals surface area contributed by atoms with Crippen molar-refractivity contribution >= 4 is 30.0 Å². The molecule has 4 atom stereocenters. The molecule has 1 aromatic carbocycles. The Hall–Kier alpha value is -4.17. The highest BCUT2D eigenvalue weighted by Crippen LogP contribution is 2.38. The summed E-state index contributed by atoms with van der Waals surface area (Å²) >= 11 is 0. The first-order chi connectivity index (χ1) is 27.5. The molecule has 0 bridgehead atoms. The second kappa shape index (κ2) is 21.9. The van der Waals surface area contributed by atoms with Gasteiger partial charge in [-0.05, 0) is 119 Å². The number of likely N-dealkylation sites (tertiary alicyclic amines) is 1. The lowest BCUT2D eigenvalue weighted by Crippen LogP contribution is -2.60. The number of nitrogens with zero attached hydrogens (tertiary/aromatic N) is 2. The number of carbonyl (C=O) groups excluding carboxylic acids is 5. The molecule has 3 rings (SSSR count). The molecule has 0 spiro atoms. The Morgan fingerprint density at radius 3 is 2.14 bits per heavy atom. The van der Waals surface area contributed by atoms with E-state index < -0.39 is 71.0 Å². The molecule has 1 radical (unpaired) electrons. The third kappa shape index (κ3) is 16.4. The lowest BCUT2D eigenvalue weighted by atomic mass is 9.80. The number of hydrogen-bond acceptors (Lipinski definition) is 9. The minimum Gasteiger partial charge on any atom is -0.461 e. The topological polar surface area (TPSA) is 176 Å². The van der Waals surface area contributed by atoms with Gasteiger partial charge in [-0.25, -0.2) is 14.4 Å². The molecule has 59 heavy (non-hydrogen) atoms. The summed E-state index contributed by atoms with van der Waals surface area (Å²) in [6.45, 7) is 21.0. The molecule has 2 heterocycles. The van der Waals surface area contributed by atoms with Crippen LogP contribution in [0.4, 0.5) is 9.59 Å². The second-order valence-corrected chi connectivity index (χ2v) is 19.1. The van der Waals surface area contributed by atoms with E-state index in [2.05, 4.69) is 29.8 Å². The van der Waals surface area contributed by atoms with Crippen LogP contribution in [0, 0.1) is 11.8 Å². The van der Waals surface area contributed by atoms with Gasteiger partial charge in [0.15, 0.2) is 0 Å². The van der Waals surface area contributed by atoms with Gasteiger partial charge in [0.05, 0.1) is 18.1 Å². The second-order valence-electron chi connectivity index (χ2n) is 19.1. The highest BCUT2D eigenvalue weighted by molar-refractivity contribution is 5.92. The Balaban J connectivity index is 1.68. The van der Waals surface area contributed by atoms with Crippen LogP contribution in [0.2, 0.25) is 0 Å². The number of amides is 4. The van der Waals surface area contributed by atoms with Gasteiger partial charge in [-0.2, -0.15) is 0 Å². The van der Waals surface area contributed by atoms with Crippen LogP contribution in [0.3, 0.4) is 0 Å². The summed E-state index contributed by atoms with van der Waals surface area (Å²) < 4.78 is 16.7. The number of unbranched alkanes of at least 4 members (excludes halogenated alkanes) is 1. The summed E-state index contributed by atoms with van der Waals surface area (Å²) in [5.74, 6) is -1.58. The van der Waals surface area contributed by atoms with Crippen LogP contribution in [0.1, 0.15) is 133 Å². The minimum absolute atomic E-state index is 0.215. The fourth-order valence-corrected chi connectivity index (χ4v) is 7.99. The number of nitrogens with one attached hydrogen (secondary N) is 3. The highest BCUT2D eigenvalue weighted by Gasteiger charge is 2.47. The molecule has 0 aliphatic carbocycles. The van der Waals surface area contributed by atoms with Gasteiger partial charge in [0.1, 0.15) is 23.8 Å². The average Bonchev–Trinajstić information content (AvgIpc) is 3.60. The maximum atomic E-state index is 14.4. The number of rotatable bonds is 18. The van der Waals surface area contributed by atoms with Crippen molar-refractivity contribution in [1.82, 2.24) is 25.9 Å². The molecule has 3 N–H and O–H groups in total. The largest absolute Gasteiger partial charge is 0.461 e. The quantitative estimate of drug-likeness (QED) is 0.0607. The van der Waals surface area contributed by atoms with Crippen molar-refractivity contribution in [3.05, 3.63) is 48.0 Å². The van der Waals surface area contributed by atoms with Gasteiger partial charge in [-0.15, -0.1) is 10.3 Å². The van der Waals surface area contributed by atoms with Gasteiger partial charge >= 0.3 is 18.2 Å². The van der Waals surface area contributed by atoms with Gasteiger partial charge < -0.3 is 35.1 Å². The van der Waals surface area contributed by atoms with Gasteiger partial charge in [-0.3, -0.25) is 9.59 Å². The van der Waals surface area contributed by atoms with Crippen LogP contribution in [0.5, 0.6) is 0 Å². The van der Waals surface area contributed by atoms with E-state index in [0.717, 1.165) is 10.6 Å². The summed E-state index contributed by atoms with van der Waals surface area (Å²) in [6.07, 6.45) is 5.97. The number of benzene rings is 1. The van der Waals surface area contributed by atoms with Crippen molar-refractivity contribution in [2.24, 2.45) is 11.8 Å². The van der Waals surface area contributed by atoms with Crippen LogP contribution in [-0.2, 0) is 40.2 Å². The maximum Gasteiger partial charge on any atom is 0.408 e. The molecule has 0 saturated carbocycles. The zero-order valence-corrected chi connectivity index (χ0v) is 37.4. The molecule has 2 saturated heterocycles. The van der Waals surface area contributed by atoms with Crippen molar-refractivity contribution in [1.29, 1.82) is 0 Å². The van der Waals surface area contributed by atoms with Crippen molar-refractivity contribution in [2.45, 2.75) is 181 Å². The van der Waals surface area contributed by atoms with Gasteiger partial charge in [0, 0.05) is 37.0 Å². The first kappa shape index (κ1) is 49.2. The molecule has 4 amide bonds. The van der Waals surface area contributed by atoms with E-state index in [1.54, 1.807) is 39.5 Å². The lowest BCUT2D eigenvalue weighted by molar-refractivity contribution is -0.298. The maximum absolute atomic E-state index is 14.4. The molecular weight excluding hydrogens is 755 g/mol. The number of carbonyl (C=O) groups is 5. The predicted octanol–water partition coefficient (Wildman–Crippen LogP) is 7.03. The number of ether oxygens (including phenoxy) is 3. The minimum atomic E-state index is -0.952. The molecule has 2 fully saturated rings. The summed E-state index contributed by atoms with van der Waals surface area (Å²) in [7, 11) is 0. The first-order valence-electron chi connectivity index (χ1n) is 21.4. The van der Waals surface area contributed by atoms with Crippen LogP contribution >= 0.6 is 0 Å². The lowest BCUT2D eigenvalue weighted by Gasteiger charge is -2.49. The predicted molar refractivity (Wildman–Crippen MR) is 225 cm³/mol.